The Kier molecular flexibility index (Phi) is 3.81. The second-order valence-corrected chi connectivity index (χ2v) is 4.72. The van der Waals surface area contributed by atoms with Crippen LogP contribution in [0.2, 0.25) is 0 Å². The fourth-order valence-electron chi connectivity index (χ4n) is 1.56. The van der Waals surface area contributed by atoms with E-state index < -0.39 is 0 Å². The van der Waals surface area contributed by atoms with Crippen molar-refractivity contribution in [1.82, 2.24) is 9.55 Å². The minimum absolute atomic E-state index is 0.233. The molecular weight excluding hydrogens is 237 g/mol. The summed E-state index contributed by atoms with van der Waals surface area (Å²) in [6.45, 7) is 0.359. The smallest absolute Gasteiger partial charge is 0.167 e. The van der Waals surface area contributed by atoms with Crippen LogP contribution in [0.5, 0.6) is 0 Å². The van der Waals surface area contributed by atoms with E-state index in [0.29, 0.717) is 12.3 Å². The van der Waals surface area contributed by atoms with Crippen LogP contribution in [0.3, 0.4) is 0 Å². The molecule has 0 radical (unpaired) electrons. The number of hydrogen-bond acceptors (Lipinski definition) is 3. The normalized spacial score (nSPS) is 10.8. The van der Waals surface area contributed by atoms with E-state index in [1.54, 1.807) is 18.0 Å². The van der Waals surface area contributed by atoms with Gasteiger partial charge in [-0.3, -0.25) is 0 Å². The largest absolute Gasteiger partial charge is 0.329 e. The number of imidazole rings is 1. The van der Waals surface area contributed by atoms with Crippen molar-refractivity contribution in [1.29, 1.82) is 0 Å². The Morgan fingerprint density at radius 3 is 2.76 bits per heavy atom. The average molecular weight is 251 g/mol. The third kappa shape index (κ3) is 3.08. The Morgan fingerprint density at radius 1 is 1.35 bits per heavy atom. The van der Waals surface area contributed by atoms with Crippen LogP contribution in [0.15, 0.2) is 35.7 Å². The van der Waals surface area contributed by atoms with Gasteiger partial charge >= 0.3 is 0 Å². The first-order chi connectivity index (χ1) is 8.19. The van der Waals surface area contributed by atoms with Crippen molar-refractivity contribution in [2.24, 2.45) is 12.8 Å². The van der Waals surface area contributed by atoms with E-state index in [0.717, 1.165) is 16.3 Å². The Hall–Kier alpha value is -1.33. The third-order valence-electron chi connectivity index (χ3n) is 2.40. The summed E-state index contributed by atoms with van der Waals surface area (Å²) in [5.74, 6) is 0.457. The average Bonchev–Trinajstić information content (AvgIpc) is 2.71. The van der Waals surface area contributed by atoms with Crippen molar-refractivity contribution >= 4 is 11.8 Å². The van der Waals surface area contributed by atoms with E-state index in [4.69, 9.17) is 5.73 Å². The maximum absolute atomic E-state index is 13.3. The van der Waals surface area contributed by atoms with Crippen LogP contribution in [0, 0.1) is 5.82 Å². The molecule has 0 saturated carbocycles. The maximum Gasteiger partial charge on any atom is 0.167 e. The monoisotopic (exact) mass is 251 g/mol. The van der Waals surface area contributed by atoms with E-state index in [2.05, 4.69) is 4.98 Å². The highest BCUT2D eigenvalue weighted by Crippen LogP contribution is 2.21. The Balaban J connectivity index is 2.09. The van der Waals surface area contributed by atoms with Crippen LogP contribution in [-0.2, 0) is 19.3 Å². The number of aryl methyl sites for hydroxylation is 1. The highest BCUT2D eigenvalue weighted by molar-refractivity contribution is 7.98. The number of rotatable bonds is 4. The van der Waals surface area contributed by atoms with Crippen molar-refractivity contribution in [3.05, 3.63) is 47.5 Å². The summed E-state index contributed by atoms with van der Waals surface area (Å²) < 4.78 is 15.2. The van der Waals surface area contributed by atoms with Crippen LogP contribution < -0.4 is 5.73 Å². The van der Waals surface area contributed by atoms with Gasteiger partial charge in [0.15, 0.2) is 5.16 Å². The number of hydrogen-bond donors (Lipinski definition) is 1. The maximum atomic E-state index is 13.3. The fraction of sp³-hybridized carbons (Fsp3) is 0.250. The first-order valence-electron chi connectivity index (χ1n) is 5.27. The summed E-state index contributed by atoms with van der Waals surface area (Å²) in [6, 6.07) is 4.93. The third-order valence-corrected chi connectivity index (χ3v) is 3.53. The lowest BCUT2D eigenvalue weighted by Crippen LogP contribution is -1.98. The van der Waals surface area contributed by atoms with Gasteiger partial charge in [-0.05, 0) is 23.3 Å². The van der Waals surface area contributed by atoms with Crippen LogP contribution in [0.4, 0.5) is 4.39 Å². The summed E-state index contributed by atoms with van der Waals surface area (Å²) in [4.78, 5) is 4.20. The molecule has 2 N–H and O–H groups in total. The molecule has 0 aliphatic rings. The molecule has 0 bridgehead atoms. The van der Waals surface area contributed by atoms with Crippen LogP contribution in [0.1, 0.15) is 11.1 Å². The summed E-state index contributed by atoms with van der Waals surface area (Å²) in [5.41, 5.74) is 7.26. The zero-order valence-corrected chi connectivity index (χ0v) is 10.4. The van der Waals surface area contributed by atoms with Gasteiger partial charge in [-0.1, -0.05) is 17.8 Å². The molecule has 2 rings (SSSR count). The summed E-state index contributed by atoms with van der Waals surface area (Å²) in [7, 11) is 1.94. The highest BCUT2D eigenvalue weighted by Gasteiger charge is 2.03. The van der Waals surface area contributed by atoms with Crippen molar-refractivity contribution < 1.29 is 4.39 Å². The highest BCUT2D eigenvalue weighted by atomic mass is 32.2. The zero-order valence-electron chi connectivity index (χ0n) is 9.56. The van der Waals surface area contributed by atoms with Gasteiger partial charge in [-0.2, -0.15) is 0 Å². The molecule has 0 saturated heterocycles. The first-order valence-corrected chi connectivity index (χ1v) is 6.26. The molecule has 0 aliphatic heterocycles. The number of nitrogens with two attached hydrogens (primary N) is 1. The number of thioether (sulfide) groups is 1. The molecule has 1 aromatic carbocycles. The quantitative estimate of drug-likeness (QED) is 0.848. The lowest BCUT2D eigenvalue weighted by molar-refractivity contribution is 0.624. The number of benzene rings is 1. The molecule has 3 nitrogen and oxygen atoms in total. The molecular formula is C12H14FN3S. The molecule has 1 heterocycles. The van der Waals surface area contributed by atoms with Gasteiger partial charge in [-0.15, -0.1) is 0 Å². The topological polar surface area (TPSA) is 43.8 Å². The van der Waals surface area contributed by atoms with E-state index in [-0.39, 0.29) is 5.82 Å². The standard InChI is InChI=1S/C12H14FN3S/c1-16-3-2-15-12(16)17-8-10-4-9(7-14)5-11(13)6-10/h2-6H,7-8,14H2,1H3. The van der Waals surface area contributed by atoms with Crippen molar-refractivity contribution in [2.45, 2.75) is 17.5 Å². The number of nitrogens with zero attached hydrogens (tertiary/aromatic N) is 2. The zero-order chi connectivity index (χ0) is 12.3. The van der Waals surface area contributed by atoms with Gasteiger partial charge in [0.05, 0.1) is 0 Å². The Labute approximate surface area is 104 Å². The minimum Gasteiger partial charge on any atom is -0.329 e. The predicted molar refractivity (Wildman–Crippen MR) is 67.1 cm³/mol. The van der Waals surface area contributed by atoms with Crippen LogP contribution >= 0.6 is 11.8 Å². The SMILES string of the molecule is Cn1ccnc1SCc1cc(F)cc(CN)c1. The predicted octanol–water partition coefficient (Wildman–Crippen LogP) is 2.31. The van der Waals surface area contributed by atoms with Crippen LogP contribution in [0.25, 0.3) is 0 Å². The van der Waals surface area contributed by atoms with Crippen LogP contribution in [-0.4, -0.2) is 9.55 Å². The van der Waals surface area contributed by atoms with Gasteiger partial charge < -0.3 is 10.3 Å². The molecule has 1 aromatic heterocycles. The first kappa shape index (κ1) is 12.1. The molecule has 0 amide bonds. The molecule has 5 heteroatoms. The van der Waals surface area contributed by atoms with Crippen molar-refractivity contribution in [2.75, 3.05) is 0 Å². The number of aromatic nitrogens is 2. The second kappa shape index (κ2) is 5.33. The number of halogens is 1. The molecule has 0 aliphatic carbocycles. The molecule has 0 unspecified atom stereocenters. The van der Waals surface area contributed by atoms with Gasteiger partial charge in [0.1, 0.15) is 5.82 Å². The van der Waals surface area contributed by atoms with E-state index >= 15 is 0 Å². The molecule has 2 aromatic rings. The fourth-order valence-corrected chi connectivity index (χ4v) is 2.42. The van der Waals surface area contributed by atoms with E-state index in [9.17, 15) is 4.39 Å². The van der Waals surface area contributed by atoms with Crippen molar-refractivity contribution in [3.63, 3.8) is 0 Å². The molecule has 17 heavy (non-hydrogen) atoms. The molecule has 0 spiro atoms. The lowest BCUT2D eigenvalue weighted by atomic mass is 10.1. The molecule has 90 valence electrons. The molecule has 0 fully saturated rings. The summed E-state index contributed by atoms with van der Waals surface area (Å²) in [6.07, 6.45) is 3.64. The second-order valence-electron chi connectivity index (χ2n) is 3.78. The van der Waals surface area contributed by atoms with E-state index in [1.165, 1.54) is 12.1 Å². The lowest BCUT2D eigenvalue weighted by Gasteiger charge is -2.05. The summed E-state index contributed by atoms with van der Waals surface area (Å²) >= 11 is 1.58. The minimum atomic E-state index is -0.233. The van der Waals surface area contributed by atoms with Gasteiger partial charge in [0, 0.05) is 31.7 Å². The van der Waals surface area contributed by atoms with E-state index in [1.807, 2.05) is 23.9 Å². The van der Waals surface area contributed by atoms with Crippen molar-refractivity contribution in [3.8, 4) is 0 Å². The Bertz CT molecular complexity index is 510. The Morgan fingerprint density at radius 2 is 2.12 bits per heavy atom. The van der Waals surface area contributed by atoms with Gasteiger partial charge in [0.2, 0.25) is 0 Å². The van der Waals surface area contributed by atoms with Gasteiger partial charge in [-0.25, -0.2) is 9.37 Å². The molecule has 0 atom stereocenters. The van der Waals surface area contributed by atoms with Gasteiger partial charge in [0.25, 0.3) is 0 Å². The summed E-state index contributed by atoms with van der Waals surface area (Å²) in [5, 5.41) is 0.920.